The minimum absolute atomic E-state index is 0.0154. The van der Waals surface area contributed by atoms with Crippen molar-refractivity contribution in [1.29, 1.82) is 0 Å². The molecule has 13 nitrogen and oxygen atoms in total. The second-order valence-corrected chi connectivity index (χ2v) is 21.5. The van der Waals surface area contributed by atoms with Crippen molar-refractivity contribution in [3.63, 3.8) is 0 Å². The van der Waals surface area contributed by atoms with Crippen LogP contribution in [0.2, 0.25) is 0 Å². The number of carbonyl (C=O) groups excluding carboxylic acids is 3. The zero-order chi connectivity index (χ0) is 51.2. The van der Waals surface area contributed by atoms with Crippen molar-refractivity contribution in [2.24, 2.45) is 5.41 Å². The minimum Gasteiger partial charge on any atom is -0.491 e. The van der Waals surface area contributed by atoms with Gasteiger partial charge in [-0.2, -0.15) is 0 Å². The highest BCUT2D eigenvalue weighted by molar-refractivity contribution is 7.13. The summed E-state index contributed by atoms with van der Waals surface area (Å²) in [5.41, 5.74) is 4.70. The molecule has 0 bridgehead atoms. The quantitative estimate of drug-likeness (QED) is 0.0527. The van der Waals surface area contributed by atoms with Gasteiger partial charge in [0, 0.05) is 73.1 Å². The first-order valence-electron chi connectivity index (χ1n) is 24.6. The third kappa shape index (κ3) is 13.2. The van der Waals surface area contributed by atoms with Gasteiger partial charge in [0.15, 0.2) is 0 Å². The number of benzene rings is 3. The third-order valence-corrected chi connectivity index (χ3v) is 14.2. The van der Waals surface area contributed by atoms with Crippen molar-refractivity contribution >= 4 is 40.0 Å². The molecule has 0 radical (unpaired) electrons. The average Bonchev–Trinajstić information content (AvgIpc) is 4.03. The van der Waals surface area contributed by atoms with Gasteiger partial charge in [-0.1, -0.05) is 63.2 Å². The molecule has 2 aromatic heterocycles. The number of ether oxygens (including phenoxy) is 3. The Labute approximate surface area is 418 Å². The summed E-state index contributed by atoms with van der Waals surface area (Å²) in [6.07, 6.45) is 1.89. The van der Waals surface area contributed by atoms with E-state index in [-0.39, 0.29) is 68.6 Å². The number of hydrogen-bond acceptors (Lipinski definition) is 10. The molecule has 6 atom stereocenters. The first-order valence-corrected chi connectivity index (χ1v) is 25.5. The molecule has 7 rings (SSSR count). The summed E-state index contributed by atoms with van der Waals surface area (Å²) in [5, 5.41) is 17.4. The van der Waals surface area contributed by atoms with E-state index in [0.29, 0.717) is 38.2 Å². The summed E-state index contributed by atoms with van der Waals surface area (Å²) in [5.74, 6) is -2.85. The molecule has 71 heavy (non-hydrogen) atoms. The standard InChI is InChI=1S/C54H69F3N6O7S/c1-32-24-40-39-14-10-11-15-43(39)60-47(40)48(63(32)30-54(7,8)57)46-41(55)26-38(27-42(46)56)70-23-22-68-20-12-9-13-21-69-29-45(65)61-50(53(4,5)6)52(67)62-28-37(64)25-44(62)51(66)59-33(2)35-16-18-36(19-17-35)49-34(3)58-31-71-49/h10-11,14-19,26-27,31-33,37,44,48,50,60,64H,9,12-13,20-25,28-30H2,1-8H3,(H,59,66)(H,61,65)/t32-,33?,37-,44+,48-,50?/m1/s1. The lowest BCUT2D eigenvalue weighted by molar-refractivity contribution is -0.144. The molecule has 0 spiro atoms. The Balaban J connectivity index is 0.815. The number of carbonyl (C=O) groups is 3. The Kier molecular flexibility index (Phi) is 17.4. The molecule has 4 heterocycles. The van der Waals surface area contributed by atoms with Crippen LogP contribution in [-0.2, 0) is 30.3 Å². The molecule has 2 aliphatic rings. The van der Waals surface area contributed by atoms with Gasteiger partial charge in [-0.15, -0.1) is 11.3 Å². The number of H-pyrrole nitrogens is 1. The number of amides is 3. The number of nitrogens with one attached hydrogen (secondary N) is 3. The van der Waals surface area contributed by atoms with Gasteiger partial charge >= 0.3 is 0 Å². The number of aliphatic hydroxyl groups is 1. The monoisotopic (exact) mass is 1000 g/mol. The van der Waals surface area contributed by atoms with E-state index in [0.717, 1.165) is 44.6 Å². The summed E-state index contributed by atoms with van der Waals surface area (Å²) < 4.78 is 64.3. The minimum atomic E-state index is -1.60. The average molecular weight is 1000 g/mol. The van der Waals surface area contributed by atoms with E-state index in [1.807, 2.05) is 100 Å². The van der Waals surface area contributed by atoms with Crippen LogP contribution < -0.4 is 15.4 Å². The highest BCUT2D eigenvalue weighted by atomic mass is 32.1. The Bertz CT molecular complexity index is 2600. The Morgan fingerprint density at radius 3 is 2.30 bits per heavy atom. The van der Waals surface area contributed by atoms with Gasteiger partial charge in [-0.25, -0.2) is 18.2 Å². The van der Waals surface area contributed by atoms with Gasteiger partial charge in [0.2, 0.25) is 17.7 Å². The Morgan fingerprint density at radius 2 is 1.63 bits per heavy atom. The molecule has 0 saturated carbocycles. The SMILES string of the molecule is Cc1ncsc1-c1ccc(C(C)NC(=O)[C@@H]2C[C@@H](O)CN2C(=O)C(NC(=O)COCCCCCOCCOc2cc(F)c([C@@H]3c4[nH]c5ccccc5c4C[C@@H](C)N3CC(C)(C)F)c(F)c2)C(C)(C)C)cc1. The maximum atomic E-state index is 16.0. The van der Waals surface area contributed by atoms with Crippen LogP contribution in [0.15, 0.2) is 66.2 Å². The molecule has 1 saturated heterocycles. The smallest absolute Gasteiger partial charge is 0.246 e. The fourth-order valence-corrected chi connectivity index (χ4v) is 10.5. The molecule has 4 N–H and O–H groups in total. The fourth-order valence-electron chi connectivity index (χ4n) is 9.69. The van der Waals surface area contributed by atoms with Crippen LogP contribution in [-0.4, -0.2) is 119 Å². The number of nitrogens with zero attached hydrogens (tertiary/aromatic N) is 3. The lowest BCUT2D eigenvalue weighted by Gasteiger charge is -2.43. The number of aromatic amines is 1. The van der Waals surface area contributed by atoms with Crippen LogP contribution in [0.25, 0.3) is 21.3 Å². The molecule has 5 aromatic rings. The van der Waals surface area contributed by atoms with Crippen LogP contribution in [0, 0.1) is 24.0 Å². The number of hydrogen-bond donors (Lipinski definition) is 4. The topological polar surface area (TPSA) is 158 Å². The van der Waals surface area contributed by atoms with Crippen molar-refractivity contribution in [2.75, 3.05) is 46.1 Å². The highest BCUT2D eigenvalue weighted by Gasteiger charge is 2.45. The number of aliphatic hydroxyl groups excluding tert-OH is 1. The predicted molar refractivity (Wildman–Crippen MR) is 269 cm³/mol. The molecule has 384 valence electrons. The summed E-state index contributed by atoms with van der Waals surface area (Å²) >= 11 is 1.57. The van der Waals surface area contributed by atoms with E-state index in [2.05, 4.69) is 20.6 Å². The molecular formula is C54H69F3N6O7S. The number of halogens is 3. The fraction of sp³-hybridized carbons (Fsp3) is 0.519. The summed E-state index contributed by atoms with van der Waals surface area (Å²) in [4.78, 5) is 52.8. The zero-order valence-corrected chi connectivity index (χ0v) is 42.9. The van der Waals surface area contributed by atoms with Crippen molar-refractivity contribution in [1.82, 2.24) is 30.4 Å². The lowest BCUT2D eigenvalue weighted by atomic mass is 9.85. The van der Waals surface area contributed by atoms with E-state index in [9.17, 15) is 19.5 Å². The van der Waals surface area contributed by atoms with Crippen molar-refractivity contribution < 1.29 is 46.9 Å². The molecule has 3 aromatic carbocycles. The van der Waals surface area contributed by atoms with Crippen LogP contribution in [0.1, 0.15) is 114 Å². The second kappa shape index (κ2) is 23.0. The number of aromatic nitrogens is 2. The number of likely N-dealkylation sites (tertiary alicyclic amines) is 1. The Hall–Kier alpha value is -5.33. The molecule has 3 amide bonds. The number of rotatable bonds is 21. The summed E-state index contributed by atoms with van der Waals surface area (Å²) in [6, 6.07) is 14.7. The van der Waals surface area contributed by atoms with E-state index in [4.69, 9.17) is 14.2 Å². The summed E-state index contributed by atoms with van der Waals surface area (Å²) in [6.45, 7) is 14.9. The predicted octanol–water partition coefficient (Wildman–Crippen LogP) is 8.91. The van der Waals surface area contributed by atoms with Gasteiger partial charge < -0.3 is 39.8 Å². The maximum absolute atomic E-state index is 16.0. The van der Waals surface area contributed by atoms with Crippen molar-refractivity contribution in [3.8, 4) is 16.2 Å². The number of thiazole rings is 1. The molecule has 0 aliphatic carbocycles. The second-order valence-electron chi connectivity index (χ2n) is 20.7. The molecule has 2 aliphatic heterocycles. The molecular weight excluding hydrogens is 934 g/mol. The normalized spacial score (nSPS) is 19.4. The summed E-state index contributed by atoms with van der Waals surface area (Å²) in [7, 11) is 0. The van der Waals surface area contributed by atoms with E-state index in [1.165, 1.54) is 30.9 Å². The van der Waals surface area contributed by atoms with Gasteiger partial charge in [-0.3, -0.25) is 19.3 Å². The first-order chi connectivity index (χ1) is 33.7. The largest absolute Gasteiger partial charge is 0.491 e. The van der Waals surface area contributed by atoms with Crippen molar-refractivity contribution in [2.45, 2.75) is 129 Å². The Morgan fingerprint density at radius 1 is 0.944 bits per heavy atom. The van der Waals surface area contributed by atoms with Gasteiger partial charge in [0.05, 0.1) is 40.9 Å². The van der Waals surface area contributed by atoms with Gasteiger partial charge in [-0.05, 0) is 88.5 Å². The number of β-amino-alcohol motifs (C(OH)–C–C–N with tert-alkyl or cyclic N) is 1. The van der Waals surface area contributed by atoms with E-state index >= 15 is 13.2 Å². The van der Waals surface area contributed by atoms with Crippen molar-refractivity contribution in [3.05, 3.63) is 106 Å². The van der Waals surface area contributed by atoms with E-state index in [1.54, 1.807) is 11.3 Å². The highest BCUT2D eigenvalue weighted by Crippen LogP contribution is 2.44. The third-order valence-electron chi connectivity index (χ3n) is 13.3. The molecule has 1 fully saturated rings. The van der Waals surface area contributed by atoms with E-state index < -0.39 is 58.8 Å². The van der Waals surface area contributed by atoms with Crippen LogP contribution in [0.5, 0.6) is 5.75 Å². The van der Waals surface area contributed by atoms with Gasteiger partial charge in [0.25, 0.3) is 0 Å². The molecule has 17 heteroatoms. The van der Waals surface area contributed by atoms with Crippen LogP contribution in [0.3, 0.4) is 0 Å². The number of alkyl halides is 1. The molecule has 2 unspecified atom stereocenters. The number of fused-ring (bicyclic) bond motifs is 3. The lowest BCUT2D eigenvalue weighted by Crippen LogP contribution is -2.58. The first kappa shape index (κ1) is 53.5. The number of aryl methyl sites for hydroxylation is 1. The number of para-hydroxylation sites is 1. The van der Waals surface area contributed by atoms with Crippen LogP contribution >= 0.6 is 11.3 Å². The van der Waals surface area contributed by atoms with Gasteiger partial charge in [0.1, 0.15) is 48.4 Å². The maximum Gasteiger partial charge on any atom is 0.246 e. The van der Waals surface area contributed by atoms with Crippen LogP contribution in [0.4, 0.5) is 13.2 Å². The zero-order valence-electron chi connectivity index (χ0n) is 42.1. The number of unbranched alkanes of at least 4 members (excludes halogenated alkanes) is 2.